The molecule has 3 heteroatoms. The van der Waals surface area contributed by atoms with Crippen molar-refractivity contribution >= 4 is 4.82 Å². The minimum absolute atomic E-state index is 0. The zero-order valence-electron chi connectivity index (χ0n) is 11.5. The smallest absolute Gasteiger partial charge is 1.00 e. The van der Waals surface area contributed by atoms with Gasteiger partial charge in [0.2, 0.25) is 0 Å². The Kier molecular flexibility index (Phi) is 17.5. The Morgan fingerprint density at radius 1 is 0.833 bits per heavy atom. The van der Waals surface area contributed by atoms with Gasteiger partial charge in [-0.25, -0.2) is 23.3 Å². The van der Waals surface area contributed by atoms with E-state index in [1.807, 2.05) is 0 Å². The van der Waals surface area contributed by atoms with Gasteiger partial charge in [0.25, 0.3) is 0 Å². The average Bonchev–Trinajstić information content (AvgIpc) is 2.83. The van der Waals surface area contributed by atoms with Gasteiger partial charge in [-0.05, 0) is 0 Å². The number of hydrogen-bond acceptors (Lipinski definition) is 0. The maximum atomic E-state index is 3.25. The molecule has 0 N–H and O–H groups in total. The Bertz CT molecular complexity index is 316. The van der Waals surface area contributed by atoms with Crippen LogP contribution in [-0.4, -0.2) is 4.82 Å². The molecule has 0 saturated heterocycles. The SMILES string of the molecule is CC1=C(C)C[C-]=C1.CC1=C(C)C[C-]=C1.[CH2]=[Ti+2].[Cl-].[Cl-]. The van der Waals surface area contributed by atoms with Crippen LogP contribution in [0.15, 0.2) is 34.4 Å². The third-order valence-corrected chi connectivity index (χ3v) is 2.72. The molecular formula is C15H20Cl2Ti-2. The molecular weight excluding hydrogens is 299 g/mol. The van der Waals surface area contributed by atoms with Crippen LogP contribution in [0.5, 0.6) is 0 Å². The van der Waals surface area contributed by atoms with E-state index in [9.17, 15) is 0 Å². The summed E-state index contributed by atoms with van der Waals surface area (Å²) in [5.41, 5.74) is 5.69. The van der Waals surface area contributed by atoms with E-state index in [1.165, 1.54) is 22.3 Å². The van der Waals surface area contributed by atoms with E-state index in [2.05, 4.69) is 56.8 Å². The molecule has 0 radical (unpaired) electrons. The van der Waals surface area contributed by atoms with Crippen molar-refractivity contribution in [3.05, 3.63) is 46.6 Å². The Morgan fingerprint density at radius 3 is 1.17 bits per heavy atom. The summed E-state index contributed by atoms with van der Waals surface area (Å²) >= 11 is 1.75. The zero-order chi connectivity index (χ0) is 12.6. The first-order valence-corrected chi connectivity index (χ1v) is 6.53. The van der Waals surface area contributed by atoms with Crippen LogP contribution in [0.2, 0.25) is 0 Å². The van der Waals surface area contributed by atoms with Gasteiger partial charge in [0.05, 0.1) is 0 Å². The quantitative estimate of drug-likeness (QED) is 0.363. The maximum Gasteiger partial charge on any atom is -1.00 e. The van der Waals surface area contributed by atoms with Gasteiger partial charge < -0.3 is 24.8 Å². The van der Waals surface area contributed by atoms with Crippen molar-refractivity contribution in [3.63, 3.8) is 0 Å². The molecule has 0 aliphatic heterocycles. The first kappa shape index (κ1) is 23.2. The average molecular weight is 319 g/mol. The molecule has 18 heavy (non-hydrogen) atoms. The molecule has 0 unspecified atom stereocenters. The van der Waals surface area contributed by atoms with Gasteiger partial charge in [-0.3, -0.25) is 12.2 Å². The van der Waals surface area contributed by atoms with Crippen LogP contribution in [0.25, 0.3) is 0 Å². The van der Waals surface area contributed by atoms with Crippen molar-refractivity contribution in [2.75, 3.05) is 0 Å². The number of hydrogen-bond donors (Lipinski definition) is 0. The standard InChI is InChI=1S/2C7H9.CH2.2ClH.Ti/c2*1-6-4-3-5-7(6)2;;;;/h2*4H,5H2,1-2H3;1H2;2*1H;/q2*-1;;;;+2/p-2. The number of allylic oxidation sites excluding steroid dienone is 8. The molecule has 2 aliphatic carbocycles. The van der Waals surface area contributed by atoms with E-state index < -0.39 is 0 Å². The van der Waals surface area contributed by atoms with E-state index >= 15 is 0 Å². The largest absolute Gasteiger partial charge is 1.00 e. The normalized spacial score (nSPS) is 15.2. The molecule has 0 saturated carbocycles. The van der Waals surface area contributed by atoms with Crippen LogP contribution in [0.4, 0.5) is 0 Å². The van der Waals surface area contributed by atoms with Crippen molar-refractivity contribution < 1.29 is 44.8 Å². The first-order valence-electron chi connectivity index (χ1n) is 5.42. The Morgan fingerprint density at radius 2 is 1.11 bits per heavy atom. The van der Waals surface area contributed by atoms with Gasteiger partial charge in [-0.15, -0.1) is 26.7 Å². The molecule has 0 heterocycles. The van der Waals surface area contributed by atoms with Gasteiger partial charge in [0, 0.05) is 0 Å². The fourth-order valence-electron chi connectivity index (χ4n) is 1.24. The molecule has 2 aliphatic rings. The fourth-order valence-corrected chi connectivity index (χ4v) is 1.24. The summed E-state index contributed by atoms with van der Waals surface area (Å²) in [5.74, 6) is 0. The van der Waals surface area contributed by atoms with Crippen LogP contribution in [0.1, 0.15) is 40.5 Å². The molecule has 0 spiro atoms. The van der Waals surface area contributed by atoms with Crippen molar-refractivity contribution in [2.24, 2.45) is 0 Å². The van der Waals surface area contributed by atoms with E-state index in [4.69, 9.17) is 0 Å². The molecule has 2 rings (SSSR count). The van der Waals surface area contributed by atoms with Gasteiger partial charge in [0.1, 0.15) is 0 Å². The van der Waals surface area contributed by atoms with Crippen LogP contribution in [-0.2, 0) is 20.0 Å². The monoisotopic (exact) mass is 318 g/mol. The molecule has 0 aromatic carbocycles. The second-order valence-electron chi connectivity index (χ2n) is 3.98. The third kappa shape index (κ3) is 9.11. The van der Waals surface area contributed by atoms with Crippen LogP contribution < -0.4 is 24.8 Å². The summed E-state index contributed by atoms with van der Waals surface area (Å²) < 4.78 is 0. The molecule has 0 atom stereocenters. The first-order chi connectivity index (χ1) is 7.61. The van der Waals surface area contributed by atoms with E-state index in [0.717, 1.165) is 12.8 Å². The minimum atomic E-state index is 0. The minimum Gasteiger partial charge on any atom is -1.00 e. The van der Waals surface area contributed by atoms with E-state index in [1.54, 1.807) is 20.0 Å². The van der Waals surface area contributed by atoms with Crippen molar-refractivity contribution in [3.8, 4) is 0 Å². The maximum absolute atomic E-state index is 3.25. The summed E-state index contributed by atoms with van der Waals surface area (Å²) in [4.78, 5) is 3.25. The predicted molar refractivity (Wildman–Crippen MR) is 68.7 cm³/mol. The van der Waals surface area contributed by atoms with Crippen molar-refractivity contribution in [1.82, 2.24) is 0 Å². The van der Waals surface area contributed by atoms with E-state index in [-0.39, 0.29) is 24.8 Å². The van der Waals surface area contributed by atoms with E-state index in [0.29, 0.717) is 0 Å². The summed E-state index contributed by atoms with van der Waals surface area (Å²) in [6, 6.07) is 0. The Balaban J connectivity index is -0.000000200. The number of halogens is 2. The van der Waals surface area contributed by atoms with Crippen LogP contribution >= 0.6 is 0 Å². The Hall–Kier alpha value is 0.124. The summed E-state index contributed by atoms with van der Waals surface area (Å²) in [7, 11) is 0. The Labute approximate surface area is 136 Å². The van der Waals surface area contributed by atoms with Crippen LogP contribution in [0, 0.1) is 12.2 Å². The topological polar surface area (TPSA) is 0 Å². The third-order valence-electron chi connectivity index (χ3n) is 2.72. The summed E-state index contributed by atoms with van der Waals surface area (Å²) in [5, 5.41) is 0. The van der Waals surface area contributed by atoms with Gasteiger partial charge in [-0.2, -0.15) is 11.1 Å². The van der Waals surface area contributed by atoms with Crippen molar-refractivity contribution in [2.45, 2.75) is 40.5 Å². The zero-order valence-corrected chi connectivity index (χ0v) is 14.6. The molecule has 0 bridgehead atoms. The number of rotatable bonds is 0. The van der Waals surface area contributed by atoms with Gasteiger partial charge >= 0.3 is 24.8 Å². The summed E-state index contributed by atoms with van der Waals surface area (Å²) in [6.07, 6.45) is 12.4. The molecule has 0 aromatic rings. The van der Waals surface area contributed by atoms with Crippen molar-refractivity contribution in [1.29, 1.82) is 0 Å². The molecule has 0 fully saturated rings. The molecule has 0 nitrogen and oxygen atoms in total. The van der Waals surface area contributed by atoms with Crippen LogP contribution in [0.3, 0.4) is 0 Å². The second-order valence-corrected chi connectivity index (χ2v) is 3.98. The molecule has 0 amide bonds. The predicted octanol–water partition coefficient (Wildman–Crippen LogP) is -1.86. The van der Waals surface area contributed by atoms with Gasteiger partial charge in [0.15, 0.2) is 0 Å². The summed E-state index contributed by atoms with van der Waals surface area (Å²) in [6.45, 7) is 8.53. The molecule has 0 aromatic heterocycles. The fraction of sp³-hybridized carbons (Fsp3) is 0.400. The second kappa shape index (κ2) is 13.6. The molecule has 100 valence electrons. The van der Waals surface area contributed by atoms with Gasteiger partial charge in [-0.1, -0.05) is 13.8 Å².